The molecular formula is C21H25ClN2O3. The molecule has 2 aromatic rings. The van der Waals surface area contributed by atoms with Gasteiger partial charge in [0.1, 0.15) is 18.1 Å². The second kappa shape index (κ2) is 9.11. The third-order valence-electron chi connectivity index (χ3n) is 4.84. The topological polar surface area (TPSA) is 42.0 Å². The Balaban J connectivity index is 1.70. The highest BCUT2D eigenvalue weighted by atomic mass is 35.5. The fourth-order valence-electron chi connectivity index (χ4n) is 3.17. The third-order valence-corrected chi connectivity index (χ3v) is 5.09. The van der Waals surface area contributed by atoms with Gasteiger partial charge in [0.2, 0.25) is 0 Å². The normalized spacial score (nSPS) is 14.9. The van der Waals surface area contributed by atoms with Crippen LogP contribution in [0.3, 0.4) is 0 Å². The van der Waals surface area contributed by atoms with Gasteiger partial charge in [0, 0.05) is 42.3 Å². The van der Waals surface area contributed by atoms with Gasteiger partial charge in [0.25, 0.3) is 5.91 Å². The van der Waals surface area contributed by atoms with Crippen molar-refractivity contribution in [1.29, 1.82) is 0 Å². The van der Waals surface area contributed by atoms with Crippen molar-refractivity contribution in [2.24, 2.45) is 0 Å². The molecule has 1 amide bonds. The summed E-state index contributed by atoms with van der Waals surface area (Å²) < 4.78 is 11.3. The van der Waals surface area contributed by atoms with Gasteiger partial charge in [-0.25, -0.2) is 0 Å². The molecule has 27 heavy (non-hydrogen) atoms. The van der Waals surface area contributed by atoms with Crippen LogP contribution in [-0.2, 0) is 6.61 Å². The van der Waals surface area contributed by atoms with Crippen LogP contribution in [0.25, 0.3) is 0 Å². The van der Waals surface area contributed by atoms with Gasteiger partial charge in [-0.05, 0) is 49.0 Å². The quantitative estimate of drug-likeness (QED) is 0.756. The Labute approximate surface area is 165 Å². The number of benzene rings is 2. The van der Waals surface area contributed by atoms with Gasteiger partial charge >= 0.3 is 0 Å². The minimum Gasteiger partial charge on any atom is -0.496 e. The average Bonchev–Trinajstić information content (AvgIpc) is 2.72. The van der Waals surface area contributed by atoms with Crippen molar-refractivity contribution in [1.82, 2.24) is 9.80 Å². The first-order valence-electron chi connectivity index (χ1n) is 9.17. The lowest BCUT2D eigenvalue weighted by molar-refractivity contribution is 0.0643. The minimum absolute atomic E-state index is 0.0566. The molecule has 1 fully saturated rings. The Morgan fingerprint density at radius 3 is 2.41 bits per heavy atom. The van der Waals surface area contributed by atoms with Gasteiger partial charge in [-0.15, -0.1) is 0 Å². The van der Waals surface area contributed by atoms with Crippen LogP contribution in [0.2, 0.25) is 5.02 Å². The van der Waals surface area contributed by atoms with Crippen LogP contribution in [-0.4, -0.2) is 55.5 Å². The molecule has 0 bridgehead atoms. The van der Waals surface area contributed by atoms with Crippen molar-refractivity contribution in [3.05, 3.63) is 58.6 Å². The van der Waals surface area contributed by atoms with Gasteiger partial charge in [-0.1, -0.05) is 18.5 Å². The lowest BCUT2D eigenvalue weighted by atomic mass is 10.1. The number of nitrogens with zero attached hydrogens (tertiary/aromatic N) is 2. The van der Waals surface area contributed by atoms with Crippen LogP contribution in [0.4, 0.5) is 0 Å². The molecule has 144 valence electrons. The van der Waals surface area contributed by atoms with Crippen LogP contribution in [0, 0.1) is 0 Å². The van der Waals surface area contributed by atoms with Gasteiger partial charge < -0.3 is 19.3 Å². The van der Waals surface area contributed by atoms with Crippen molar-refractivity contribution in [3.63, 3.8) is 0 Å². The lowest BCUT2D eigenvalue weighted by Crippen LogP contribution is -2.48. The molecule has 0 atom stereocenters. The highest BCUT2D eigenvalue weighted by Gasteiger charge is 2.22. The van der Waals surface area contributed by atoms with Crippen molar-refractivity contribution in [2.45, 2.75) is 13.5 Å². The van der Waals surface area contributed by atoms with Crippen LogP contribution in [0.5, 0.6) is 11.5 Å². The summed E-state index contributed by atoms with van der Waals surface area (Å²) in [6.07, 6.45) is 0. The molecule has 5 nitrogen and oxygen atoms in total. The molecule has 1 aliphatic rings. The summed E-state index contributed by atoms with van der Waals surface area (Å²) in [4.78, 5) is 17.1. The molecule has 1 heterocycles. The highest BCUT2D eigenvalue weighted by molar-refractivity contribution is 6.30. The van der Waals surface area contributed by atoms with Gasteiger partial charge in [-0.2, -0.15) is 0 Å². The molecule has 0 radical (unpaired) electrons. The first-order valence-corrected chi connectivity index (χ1v) is 9.55. The van der Waals surface area contributed by atoms with E-state index in [9.17, 15) is 4.79 Å². The van der Waals surface area contributed by atoms with E-state index in [0.29, 0.717) is 28.7 Å². The number of hydrogen-bond acceptors (Lipinski definition) is 4. The van der Waals surface area contributed by atoms with Crippen molar-refractivity contribution < 1.29 is 14.3 Å². The number of piperazine rings is 1. The molecule has 6 heteroatoms. The second-order valence-corrected chi connectivity index (χ2v) is 6.93. The third kappa shape index (κ3) is 4.93. The van der Waals surface area contributed by atoms with Crippen molar-refractivity contribution in [3.8, 4) is 11.5 Å². The molecule has 0 saturated carbocycles. The van der Waals surface area contributed by atoms with E-state index in [1.807, 2.05) is 35.2 Å². The molecular weight excluding hydrogens is 364 g/mol. The Kier molecular flexibility index (Phi) is 6.58. The van der Waals surface area contributed by atoms with Crippen LogP contribution in [0.1, 0.15) is 22.8 Å². The van der Waals surface area contributed by atoms with E-state index in [1.54, 1.807) is 19.2 Å². The molecule has 0 aliphatic carbocycles. The number of ether oxygens (including phenoxy) is 2. The van der Waals surface area contributed by atoms with Crippen LogP contribution >= 0.6 is 11.6 Å². The summed E-state index contributed by atoms with van der Waals surface area (Å²) in [5.41, 5.74) is 1.50. The molecule has 0 aromatic heterocycles. The number of halogens is 1. The molecule has 1 saturated heterocycles. The predicted octanol–water partition coefficient (Wildman–Crippen LogP) is 3.71. The summed E-state index contributed by atoms with van der Waals surface area (Å²) in [6, 6.07) is 12.7. The fourth-order valence-corrected chi connectivity index (χ4v) is 3.29. The van der Waals surface area contributed by atoms with Gasteiger partial charge in [0.05, 0.1) is 7.11 Å². The first-order chi connectivity index (χ1) is 13.1. The smallest absolute Gasteiger partial charge is 0.253 e. The van der Waals surface area contributed by atoms with Crippen molar-refractivity contribution in [2.75, 3.05) is 39.8 Å². The number of hydrogen-bond donors (Lipinski definition) is 0. The number of carbonyl (C=O) groups excluding carboxylic acids is 1. The lowest BCUT2D eigenvalue weighted by Gasteiger charge is -2.34. The SMILES string of the molecule is CCN1CCN(C(=O)c2ccc(OC)c(COc3ccc(Cl)cc3)c2)CC1. The summed E-state index contributed by atoms with van der Waals surface area (Å²) in [6.45, 7) is 6.85. The van der Waals surface area contributed by atoms with E-state index >= 15 is 0 Å². The molecule has 0 N–H and O–H groups in total. The minimum atomic E-state index is 0.0566. The fraction of sp³-hybridized carbons (Fsp3) is 0.381. The number of methoxy groups -OCH3 is 1. The molecule has 2 aromatic carbocycles. The maximum Gasteiger partial charge on any atom is 0.253 e. The monoisotopic (exact) mass is 388 g/mol. The number of likely N-dealkylation sites (N-methyl/N-ethyl adjacent to an activating group) is 1. The van der Waals surface area contributed by atoms with E-state index in [0.717, 1.165) is 38.3 Å². The maximum atomic E-state index is 12.9. The van der Waals surface area contributed by atoms with E-state index < -0.39 is 0 Å². The summed E-state index contributed by atoms with van der Waals surface area (Å²) >= 11 is 5.90. The average molecular weight is 389 g/mol. The van der Waals surface area contributed by atoms with E-state index in [1.165, 1.54) is 0 Å². The van der Waals surface area contributed by atoms with Crippen LogP contribution in [0.15, 0.2) is 42.5 Å². The Morgan fingerprint density at radius 2 is 1.78 bits per heavy atom. The Hall–Kier alpha value is -2.24. The first kappa shape index (κ1) is 19.5. The van der Waals surface area contributed by atoms with Gasteiger partial charge in [-0.3, -0.25) is 4.79 Å². The summed E-state index contributed by atoms with van der Waals surface area (Å²) in [7, 11) is 1.62. The molecule has 3 rings (SSSR count). The summed E-state index contributed by atoms with van der Waals surface area (Å²) in [5.74, 6) is 1.48. The predicted molar refractivity (Wildman–Crippen MR) is 107 cm³/mol. The Morgan fingerprint density at radius 1 is 1.07 bits per heavy atom. The molecule has 0 spiro atoms. The molecule has 1 aliphatic heterocycles. The largest absolute Gasteiger partial charge is 0.496 e. The summed E-state index contributed by atoms with van der Waals surface area (Å²) in [5, 5.41) is 0.663. The van der Waals surface area contributed by atoms with E-state index in [4.69, 9.17) is 21.1 Å². The van der Waals surface area contributed by atoms with E-state index in [2.05, 4.69) is 11.8 Å². The van der Waals surface area contributed by atoms with Crippen LogP contribution < -0.4 is 9.47 Å². The van der Waals surface area contributed by atoms with E-state index in [-0.39, 0.29) is 5.91 Å². The molecule has 0 unspecified atom stereocenters. The zero-order chi connectivity index (χ0) is 19.2. The second-order valence-electron chi connectivity index (χ2n) is 6.50. The number of rotatable bonds is 6. The Bertz CT molecular complexity index is 771. The van der Waals surface area contributed by atoms with Gasteiger partial charge in [0.15, 0.2) is 0 Å². The standard InChI is InChI=1S/C21H25ClN2O3/c1-3-23-10-12-24(13-11-23)21(25)16-4-9-20(26-2)17(14-16)15-27-19-7-5-18(22)6-8-19/h4-9,14H,3,10-13,15H2,1-2H3. The highest BCUT2D eigenvalue weighted by Crippen LogP contribution is 2.24. The number of amides is 1. The maximum absolute atomic E-state index is 12.9. The van der Waals surface area contributed by atoms with Crippen molar-refractivity contribution >= 4 is 17.5 Å². The zero-order valence-corrected chi connectivity index (χ0v) is 16.5. The number of carbonyl (C=O) groups is 1. The zero-order valence-electron chi connectivity index (χ0n) is 15.8.